The monoisotopic (exact) mass is 365 g/mol. The van der Waals surface area contributed by atoms with Gasteiger partial charge in [-0.15, -0.1) is 0 Å². The summed E-state index contributed by atoms with van der Waals surface area (Å²) in [5.74, 6) is 1.06. The van der Waals surface area contributed by atoms with Crippen molar-refractivity contribution < 1.29 is 14.3 Å². The molecule has 0 aliphatic carbocycles. The summed E-state index contributed by atoms with van der Waals surface area (Å²) in [5.41, 5.74) is 2.86. The molecule has 1 aromatic heterocycles. The average Bonchev–Trinajstić information content (AvgIpc) is 2.74. The van der Waals surface area contributed by atoms with E-state index in [1.54, 1.807) is 29.4 Å². The number of benzene rings is 1. The minimum absolute atomic E-state index is 0.000753. The lowest BCUT2D eigenvalue weighted by molar-refractivity contribution is -0.131. The van der Waals surface area contributed by atoms with Gasteiger partial charge in [0.15, 0.2) is 0 Å². The number of carbonyl (C=O) groups excluding carboxylic acids is 2. The summed E-state index contributed by atoms with van der Waals surface area (Å²) in [6.45, 7) is 3.04. The Morgan fingerprint density at radius 2 is 1.74 bits per heavy atom. The predicted molar refractivity (Wildman–Crippen MR) is 101 cm³/mol. The van der Waals surface area contributed by atoms with Crippen molar-refractivity contribution in [3.63, 3.8) is 0 Å². The van der Waals surface area contributed by atoms with E-state index in [2.05, 4.69) is 11.1 Å². The minimum Gasteiger partial charge on any atom is -0.493 e. The van der Waals surface area contributed by atoms with Gasteiger partial charge in [0.2, 0.25) is 5.91 Å². The van der Waals surface area contributed by atoms with E-state index in [1.165, 1.54) is 5.56 Å². The molecule has 0 radical (unpaired) electrons. The molecule has 1 saturated heterocycles. The van der Waals surface area contributed by atoms with Crippen LogP contribution in [0.15, 0.2) is 42.7 Å². The minimum atomic E-state index is -0.000753. The van der Waals surface area contributed by atoms with Crippen LogP contribution in [0.4, 0.5) is 0 Å². The van der Waals surface area contributed by atoms with E-state index in [0.29, 0.717) is 38.2 Å². The van der Waals surface area contributed by atoms with Gasteiger partial charge < -0.3 is 14.5 Å². The van der Waals surface area contributed by atoms with Crippen molar-refractivity contribution in [3.05, 3.63) is 59.4 Å². The molecule has 1 aromatic carbocycles. The Morgan fingerprint density at radius 1 is 1.00 bits per heavy atom. The quantitative estimate of drug-likeness (QED) is 0.834. The molecule has 4 rings (SSSR count). The van der Waals surface area contributed by atoms with E-state index in [4.69, 9.17) is 4.74 Å². The Morgan fingerprint density at radius 3 is 2.52 bits per heavy atom. The van der Waals surface area contributed by atoms with Crippen molar-refractivity contribution in [3.8, 4) is 5.75 Å². The summed E-state index contributed by atoms with van der Waals surface area (Å²) in [5, 5.41) is 0. The van der Waals surface area contributed by atoms with E-state index >= 15 is 0 Å². The van der Waals surface area contributed by atoms with E-state index in [-0.39, 0.29) is 11.8 Å². The first kappa shape index (κ1) is 17.5. The van der Waals surface area contributed by atoms with Gasteiger partial charge in [0.25, 0.3) is 5.91 Å². The van der Waals surface area contributed by atoms with Crippen molar-refractivity contribution in [2.45, 2.75) is 19.3 Å². The molecule has 6 nitrogen and oxygen atoms in total. The molecular formula is C21H23N3O3. The highest BCUT2D eigenvalue weighted by Crippen LogP contribution is 2.26. The van der Waals surface area contributed by atoms with Crippen LogP contribution < -0.4 is 4.74 Å². The number of aryl methyl sites for hydroxylation is 1. The lowest BCUT2D eigenvalue weighted by Gasteiger charge is -2.35. The van der Waals surface area contributed by atoms with Gasteiger partial charge in [-0.05, 0) is 42.2 Å². The van der Waals surface area contributed by atoms with Crippen molar-refractivity contribution in [1.82, 2.24) is 14.8 Å². The summed E-state index contributed by atoms with van der Waals surface area (Å²) in [6, 6.07) is 9.49. The van der Waals surface area contributed by atoms with Crippen LogP contribution in [0.25, 0.3) is 0 Å². The average molecular weight is 365 g/mol. The molecule has 0 unspecified atom stereocenters. The fourth-order valence-corrected chi connectivity index (χ4v) is 3.65. The summed E-state index contributed by atoms with van der Waals surface area (Å²) < 4.78 is 5.63. The van der Waals surface area contributed by atoms with E-state index < -0.39 is 0 Å². The fraction of sp³-hybridized carbons (Fsp3) is 0.381. The van der Waals surface area contributed by atoms with Gasteiger partial charge in [0.1, 0.15) is 5.75 Å². The highest BCUT2D eigenvalue weighted by atomic mass is 16.5. The van der Waals surface area contributed by atoms with Gasteiger partial charge in [0, 0.05) is 44.1 Å². The number of rotatable bonds is 3. The van der Waals surface area contributed by atoms with Crippen LogP contribution in [0.3, 0.4) is 0 Å². The van der Waals surface area contributed by atoms with Crippen LogP contribution in [0.5, 0.6) is 5.75 Å². The summed E-state index contributed by atoms with van der Waals surface area (Å²) in [7, 11) is 0. The van der Waals surface area contributed by atoms with E-state index in [0.717, 1.165) is 30.8 Å². The summed E-state index contributed by atoms with van der Waals surface area (Å²) in [6.07, 6.45) is 5.67. The number of carbonyl (C=O) groups is 2. The van der Waals surface area contributed by atoms with E-state index in [9.17, 15) is 9.59 Å². The topological polar surface area (TPSA) is 62.7 Å². The third-order valence-electron chi connectivity index (χ3n) is 5.18. The van der Waals surface area contributed by atoms with Crippen LogP contribution >= 0.6 is 0 Å². The van der Waals surface area contributed by atoms with Crippen molar-refractivity contribution in [2.24, 2.45) is 0 Å². The third kappa shape index (κ3) is 3.94. The van der Waals surface area contributed by atoms with Gasteiger partial charge in [-0.25, -0.2) is 0 Å². The zero-order valence-electron chi connectivity index (χ0n) is 15.3. The molecule has 140 valence electrons. The molecule has 2 aliphatic rings. The first-order chi connectivity index (χ1) is 13.2. The molecule has 0 spiro atoms. The number of amides is 2. The fourth-order valence-electron chi connectivity index (χ4n) is 3.65. The molecule has 0 bridgehead atoms. The van der Waals surface area contributed by atoms with Gasteiger partial charge in [-0.1, -0.05) is 12.1 Å². The second kappa shape index (κ2) is 7.78. The van der Waals surface area contributed by atoms with Crippen molar-refractivity contribution in [1.29, 1.82) is 0 Å². The normalized spacial score (nSPS) is 16.4. The first-order valence-electron chi connectivity index (χ1n) is 9.42. The van der Waals surface area contributed by atoms with Gasteiger partial charge in [-0.3, -0.25) is 14.6 Å². The second-order valence-electron chi connectivity index (χ2n) is 6.98. The lowest BCUT2D eigenvalue weighted by atomic mass is 10.0. The largest absolute Gasteiger partial charge is 0.493 e. The predicted octanol–water partition coefficient (Wildman–Crippen LogP) is 1.93. The van der Waals surface area contributed by atoms with Gasteiger partial charge in [-0.2, -0.15) is 0 Å². The van der Waals surface area contributed by atoms with Crippen molar-refractivity contribution >= 4 is 11.8 Å². The highest BCUT2D eigenvalue weighted by molar-refractivity contribution is 5.94. The number of ether oxygens (including phenoxy) is 1. The Bertz CT molecular complexity index is 830. The van der Waals surface area contributed by atoms with Crippen LogP contribution in [0.2, 0.25) is 0 Å². The smallest absolute Gasteiger partial charge is 0.254 e. The first-order valence-corrected chi connectivity index (χ1v) is 9.42. The Kier molecular flexibility index (Phi) is 5.05. The van der Waals surface area contributed by atoms with Crippen LogP contribution in [-0.4, -0.2) is 59.4 Å². The number of pyridine rings is 1. The standard InChI is InChI=1S/C21H23N3O3/c25-20(15-16-3-4-19-18(14-16)2-1-13-27-19)23-9-11-24(12-10-23)21(26)17-5-7-22-8-6-17/h3-8,14H,1-2,9-13,15H2. The maximum atomic E-state index is 12.7. The van der Waals surface area contributed by atoms with Gasteiger partial charge >= 0.3 is 0 Å². The zero-order chi connectivity index (χ0) is 18.6. The molecule has 2 amide bonds. The SMILES string of the molecule is O=C(Cc1ccc2c(c1)CCCO2)N1CCN(C(=O)c2ccncc2)CC1. The second-order valence-corrected chi connectivity index (χ2v) is 6.98. The third-order valence-corrected chi connectivity index (χ3v) is 5.18. The van der Waals surface area contributed by atoms with Crippen LogP contribution in [0, 0.1) is 0 Å². The number of piperazine rings is 1. The van der Waals surface area contributed by atoms with Crippen LogP contribution in [-0.2, 0) is 17.6 Å². The number of fused-ring (bicyclic) bond motifs is 1. The molecule has 27 heavy (non-hydrogen) atoms. The molecule has 2 aliphatic heterocycles. The number of aromatic nitrogens is 1. The Balaban J connectivity index is 1.33. The summed E-state index contributed by atoms with van der Waals surface area (Å²) >= 11 is 0. The van der Waals surface area contributed by atoms with E-state index in [1.807, 2.05) is 17.0 Å². The maximum Gasteiger partial charge on any atom is 0.254 e. The van der Waals surface area contributed by atoms with Crippen LogP contribution in [0.1, 0.15) is 27.9 Å². The van der Waals surface area contributed by atoms with Gasteiger partial charge in [0.05, 0.1) is 13.0 Å². The van der Waals surface area contributed by atoms with Crippen molar-refractivity contribution in [2.75, 3.05) is 32.8 Å². The summed E-state index contributed by atoms with van der Waals surface area (Å²) in [4.78, 5) is 32.7. The molecular weight excluding hydrogens is 342 g/mol. The molecule has 0 atom stereocenters. The molecule has 2 aromatic rings. The Hall–Kier alpha value is -2.89. The number of nitrogens with zero attached hydrogens (tertiary/aromatic N) is 3. The lowest BCUT2D eigenvalue weighted by Crippen LogP contribution is -2.51. The number of hydrogen-bond donors (Lipinski definition) is 0. The molecule has 0 N–H and O–H groups in total. The molecule has 1 fully saturated rings. The molecule has 6 heteroatoms. The zero-order valence-corrected chi connectivity index (χ0v) is 15.3. The Labute approximate surface area is 158 Å². The maximum absolute atomic E-state index is 12.7. The highest BCUT2D eigenvalue weighted by Gasteiger charge is 2.25. The number of hydrogen-bond acceptors (Lipinski definition) is 4. The molecule has 3 heterocycles. The molecule has 0 saturated carbocycles.